The van der Waals surface area contributed by atoms with Crippen LogP contribution >= 0.6 is 22.6 Å². The highest BCUT2D eigenvalue weighted by Crippen LogP contribution is 2.31. The second-order valence-electron chi connectivity index (χ2n) is 3.40. The first kappa shape index (κ1) is 10.3. The molecule has 68 valence electrons. The highest BCUT2D eigenvalue weighted by Gasteiger charge is 2.23. The molecule has 0 fully saturated rings. The summed E-state index contributed by atoms with van der Waals surface area (Å²) in [6, 6.07) is 0.659. The van der Waals surface area contributed by atoms with Gasteiger partial charge in [-0.15, -0.1) is 0 Å². The second-order valence-corrected chi connectivity index (χ2v) is 4.65. The number of nitrogens with zero attached hydrogens (tertiary/aromatic N) is 1. The molecule has 0 spiro atoms. The third-order valence-corrected chi connectivity index (χ3v) is 3.47. The smallest absolute Gasteiger partial charge is 0.0235 e. The first-order valence-electron chi connectivity index (χ1n) is 4.37. The van der Waals surface area contributed by atoms with Crippen LogP contribution in [0.5, 0.6) is 0 Å². The number of hydrogen-bond acceptors (Lipinski definition) is 1. The van der Waals surface area contributed by atoms with Crippen LogP contribution in [0.1, 0.15) is 13.3 Å². The molecule has 0 aliphatic heterocycles. The molecule has 2 atom stereocenters. The minimum absolute atomic E-state index is 0.630. The Morgan fingerprint density at radius 2 is 2.25 bits per heavy atom. The fraction of sp³-hybridized carbons (Fsp3) is 0.600. The van der Waals surface area contributed by atoms with Gasteiger partial charge < -0.3 is 4.90 Å². The van der Waals surface area contributed by atoms with E-state index in [9.17, 15) is 0 Å². The second kappa shape index (κ2) is 4.42. The van der Waals surface area contributed by atoms with E-state index in [1.54, 1.807) is 0 Å². The maximum Gasteiger partial charge on any atom is 0.0235 e. The summed E-state index contributed by atoms with van der Waals surface area (Å²) in [6.45, 7) is 2.25. The summed E-state index contributed by atoms with van der Waals surface area (Å²) in [5.41, 5.74) is 0. The lowest BCUT2D eigenvalue weighted by atomic mass is 9.98. The Labute approximate surface area is 88.7 Å². The van der Waals surface area contributed by atoms with Gasteiger partial charge in [-0.1, -0.05) is 25.2 Å². The van der Waals surface area contributed by atoms with Gasteiger partial charge in [-0.25, -0.2) is 0 Å². The lowest BCUT2D eigenvalue weighted by Gasteiger charge is -2.28. The zero-order chi connectivity index (χ0) is 9.14. The Kier molecular flexibility index (Phi) is 3.77. The fourth-order valence-corrected chi connectivity index (χ4v) is 2.55. The van der Waals surface area contributed by atoms with E-state index in [1.165, 1.54) is 10.0 Å². The van der Waals surface area contributed by atoms with E-state index in [4.69, 9.17) is 0 Å². The molecular formula is C10H16IN. The van der Waals surface area contributed by atoms with Crippen molar-refractivity contribution < 1.29 is 0 Å². The van der Waals surface area contributed by atoms with Gasteiger partial charge in [0.05, 0.1) is 0 Å². The molecule has 1 aliphatic rings. The largest absolute Gasteiger partial charge is 0.306 e. The van der Waals surface area contributed by atoms with Crippen molar-refractivity contribution in [2.24, 2.45) is 5.92 Å². The van der Waals surface area contributed by atoms with Crippen molar-refractivity contribution >= 4 is 22.6 Å². The molecule has 1 aliphatic carbocycles. The zero-order valence-electron chi connectivity index (χ0n) is 7.92. The van der Waals surface area contributed by atoms with E-state index in [0.29, 0.717) is 12.0 Å². The van der Waals surface area contributed by atoms with E-state index in [0.717, 1.165) is 0 Å². The van der Waals surface area contributed by atoms with Crippen LogP contribution in [0.25, 0.3) is 0 Å². The maximum atomic E-state index is 2.44. The molecule has 0 saturated heterocycles. The summed E-state index contributed by atoms with van der Waals surface area (Å²) in [5.74, 6) is 0.630. The van der Waals surface area contributed by atoms with Gasteiger partial charge >= 0.3 is 0 Å². The standard InChI is InChI=1S/C10H16IN/c1-4-10(12(2)3)8-6-5-7-9(8)11/h5-8,10H,4H2,1-3H3/t8?,10-/m1/s1. The van der Waals surface area contributed by atoms with E-state index >= 15 is 0 Å². The van der Waals surface area contributed by atoms with Crippen molar-refractivity contribution in [2.75, 3.05) is 14.1 Å². The van der Waals surface area contributed by atoms with Crippen LogP contribution in [0.2, 0.25) is 0 Å². The first-order chi connectivity index (χ1) is 5.66. The lowest BCUT2D eigenvalue weighted by molar-refractivity contribution is 0.254. The Balaban J connectivity index is 2.67. The minimum Gasteiger partial charge on any atom is -0.306 e. The summed E-state index contributed by atoms with van der Waals surface area (Å²) in [5, 5.41) is 0. The first-order valence-corrected chi connectivity index (χ1v) is 5.45. The Morgan fingerprint density at radius 1 is 1.58 bits per heavy atom. The summed E-state index contributed by atoms with van der Waals surface area (Å²) >= 11 is 2.44. The average molecular weight is 277 g/mol. The summed E-state index contributed by atoms with van der Waals surface area (Å²) in [7, 11) is 4.31. The van der Waals surface area contributed by atoms with Gasteiger partial charge in [0, 0.05) is 12.0 Å². The Bertz CT molecular complexity index is 206. The van der Waals surface area contributed by atoms with Crippen LogP contribution in [-0.4, -0.2) is 25.0 Å². The van der Waals surface area contributed by atoms with Gasteiger partial charge in [0.1, 0.15) is 0 Å². The van der Waals surface area contributed by atoms with Crippen molar-refractivity contribution in [3.63, 3.8) is 0 Å². The SMILES string of the molecule is CC[C@H](C1C=CC=C1I)N(C)C. The molecule has 1 nitrogen and oxygen atoms in total. The minimum atomic E-state index is 0.630. The van der Waals surface area contributed by atoms with Crippen molar-refractivity contribution in [2.45, 2.75) is 19.4 Å². The molecule has 0 radical (unpaired) electrons. The van der Waals surface area contributed by atoms with Crippen molar-refractivity contribution in [1.82, 2.24) is 4.90 Å². The molecule has 0 bridgehead atoms. The summed E-state index contributed by atoms with van der Waals surface area (Å²) in [6.07, 6.45) is 7.88. The molecular weight excluding hydrogens is 261 g/mol. The molecule has 0 N–H and O–H groups in total. The third-order valence-electron chi connectivity index (χ3n) is 2.39. The normalized spacial score (nSPS) is 24.8. The van der Waals surface area contributed by atoms with Crippen molar-refractivity contribution in [3.8, 4) is 0 Å². The van der Waals surface area contributed by atoms with Gasteiger partial charge in [-0.3, -0.25) is 0 Å². The molecule has 0 amide bonds. The molecule has 0 aromatic carbocycles. The van der Waals surface area contributed by atoms with Crippen LogP contribution in [0, 0.1) is 5.92 Å². The van der Waals surface area contributed by atoms with Crippen LogP contribution in [-0.2, 0) is 0 Å². The molecule has 0 saturated carbocycles. The molecule has 0 aromatic rings. The molecule has 1 unspecified atom stereocenters. The Hall–Kier alpha value is 0.170. The third kappa shape index (κ3) is 2.10. The fourth-order valence-electron chi connectivity index (χ4n) is 1.72. The van der Waals surface area contributed by atoms with Gasteiger partial charge in [-0.2, -0.15) is 0 Å². The molecule has 1 rings (SSSR count). The van der Waals surface area contributed by atoms with Crippen LogP contribution in [0.3, 0.4) is 0 Å². The number of hydrogen-bond donors (Lipinski definition) is 0. The van der Waals surface area contributed by atoms with E-state index < -0.39 is 0 Å². The van der Waals surface area contributed by atoms with Crippen LogP contribution < -0.4 is 0 Å². The van der Waals surface area contributed by atoms with Gasteiger partial charge in [0.25, 0.3) is 0 Å². The summed E-state index contributed by atoms with van der Waals surface area (Å²) < 4.78 is 1.47. The van der Waals surface area contributed by atoms with Crippen molar-refractivity contribution in [1.29, 1.82) is 0 Å². The summed E-state index contributed by atoms with van der Waals surface area (Å²) in [4.78, 5) is 2.31. The number of halogens is 1. The topological polar surface area (TPSA) is 3.24 Å². The van der Waals surface area contributed by atoms with E-state index in [2.05, 4.69) is 66.7 Å². The van der Waals surface area contributed by atoms with Crippen LogP contribution in [0.4, 0.5) is 0 Å². The average Bonchev–Trinajstić information content (AvgIpc) is 2.38. The predicted molar refractivity (Wildman–Crippen MR) is 62.5 cm³/mol. The quantitative estimate of drug-likeness (QED) is 0.717. The van der Waals surface area contributed by atoms with Crippen LogP contribution in [0.15, 0.2) is 21.8 Å². The number of allylic oxidation sites excluding steroid dienone is 2. The van der Waals surface area contributed by atoms with Gasteiger partial charge in [-0.05, 0) is 46.7 Å². The van der Waals surface area contributed by atoms with E-state index in [-0.39, 0.29) is 0 Å². The molecule has 2 heteroatoms. The molecule has 0 aromatic heterocycles. The highest BCUT2D eigenvalue weighted by atomic mass is 127. The monoisotopic (exact) mass is 277 g/mol. The van der Waals surface area contributed by atoms with Gasteiger partial charge in [0.2, 0.25) is 0 Å². The molecule has 0 heterocycles. The maximum absolute atomic E-state index is 2.44. The molecule has 12 heavy (non-hydrogen) atoms. The zero-order valence-corrected chi connectivity index (χ0v) is 10.1. The Morgan fingerprint density at radius 3 is 2.58 bits per heavy atom. The van der Waals surface area contributed by atoms with Crippen molar-refractivity contribution in [3.05, 3.63) is 21.8 Å². The van der Waals surface area contributed by atoms with Gasteiger partial charge in [0.15, 0.2) is 0 Å². The lowest BCUT2D eigenvalue weighted by Crippen LogP contribution is -2.33. The highest BCUT2D eigenvalue weighted by molar-refractivity contribution is 14.1. The predicted octanol–water partition coefficient (Wildman–Crippen LogP) is 2.83. The van der Waals surface area contributed by atoms with E-state index in [1.807, 2.05) is 0 Å². The number of rotatable bonds is 3.